The molecule has 0 radical (unpaired) electrons. The molecule has 12 heteroatoms. The highest BCUT2D eigenvalue weighted by atomic mass is 19.1. The second-order valence-electron chi connectivity index (χ2n) is 9.13. The van der Waals surface area contributed by atoms with E-state index in [0.717, 1.165) is 61.2 Å². The summed E-state index contributed by atoms with van der Waals surface area (Å²) < 4.78 is 35.6. The van der Waals surface area contributed by atoms with Gasteiger partial charge in [-0.2, -0.15) is 10.2 Å². The predicted molar refractivity (Wildman–Crippen MR) is 129 cm³/mol. The van der Waals surface area contributed by atoms with Crippen molar-refractivity contribution in [1.82, 2.24) is 19.6 Å². The Labute approximate surface area is 211 Å². The quantitative estimate of drug-likeness (QED) is 0.377. The van der Waals surface area contributed by atoms with E-state index in [4.69, 9.17) is 9.84 Å². The molecule has 1 aromatic carbocycles. The van der Waals surface area contributed by atoms with Gasteiger partial charge < -0.3 is 20.3 Å². The Morgan fingerprint density at radius 1 is 1.19 bits per heavy atom. The van der Waals surface area contributed by atoms with Gasteiger partial charge in [0.2, 0.25) is 0 Å². The summed E-state index contributed by atoms with van der Waals surface area (Å²) in [5, 5.41) is 29.6. The van der Waals surface area contributed by atoms with E-state index < -0.39 is 47.6 Å². The van der Waals surface area contributed by atoms with Crippen LogP contribution in [0.15, 0.2) is 47.5 Å². The molecule has 3 N–H and O–H groups in total. The molecule has 198 valence electrons. The van der Waals surface area contributed by atoms with Gasteiger partial charge >= 0.3 is 0 Å². The van der Waals surface area contributed by atoms with Crippen LogP contribution in [0.3, 0.4) is 0 Å². The zero-order chi connectivity index (χ0) is 26.4. The number of hydrogen-bond acceptors (Lipinski definition) is 7. The summed E-state index contributed by atoms with van der Waals surface area (Å²) in [5.41, 5.74) is -0.665. The number of aliphatic hydroxyl groups excluding tert-OH is 2. The van der Waals surface area contributed by atoms with Gasteiger partial charge in [0.15, 0.2) is 29.0 Å². The Kier molecular flexibility index (Phi) is 8.62. The molecule has 1 saturated carbocycles. The van der Waals surface area contributed by atoms with Crippen LogP contribution in [0.1, 0.15) is 44.6 Å². The molecule has 2 heterocycles. The molecule has 0 unspecified atom stereocenters. The van der Waals surface area contributed by atoms with E-state index in [1.807, 2.05) is 0 Å². The van der Waals surface area contributed by atoms with E-state index in [0.29, 0.717) is 6.42 Å². The maximum absolute atomic E-state index is 14.0. The van der Waals surface area contributed by atoms with Gasteiger partial charge in [-0.3, -0.25) is 14.3 Å². The number of para-hydroxylation sites is 1. The lowest BCUT2D eigenvalue weighted by Crippen LogP contribution is -2.36. The number of benzene rings is 1. The second-order valence-corrected chi connectivity index (χ2v) is 9.13. The number of ether oxygens (including phenoxy) is 1. The molecule has 1 fully saturated rings. The highest BCUT2D eigenvalue weighted by molar-refractivity contribution is 5.92. The fourth-order valence-electron chi connectivity index (χ4n) is 4.46. The third kappa shape index (κ3) is 6.77. The van der Waals surface area contributed by atoms with E-state index in [9.17, 15) is 23.5 Å². The minimum absolute atomic E-state index is 0.0446. The van der Waals surface area contributed by atoms with Crippen LogP contribution >= 0.6 is 0 Å². The summed E-state index contributed by atoms with van der Waals surface area (Å²) in [5.74, 6) is -2.73. The van der Waals surface area contributed by atoms with Gasteiger partial charge in [-0.15, -0.1) is 0 Å². The van der Waals surface area contributed by atoms with Crippen molar-refractivity contribution in [2.45, 2.75) is 57.2 Å². The minimum Gasteiger partial charge on any atom is -0.449 e. The molecule has 37 heavy (non-hydrogen) atoms. The zero-order valence-corrected chi connectivity index (χ0v) is 20.1. The monoisotopic (exact) mass is 517 g/mol. The van der Waals surface area contributed by atoms with Crippen LogP contribution < -0.4 is 15.6 Å². The minimum atomic E-state index is -0.996. The lowest BCUT2D eigenvalue weighted by atomic mass is 9.84. The Hall–Kier alpha value is -3.64. The summed E-state index contributed by atoms with van der Waals surface area (Å²) in [6.07, 6.45) is 7.14. The molecule has 1 aliphatic rings. The van der Waals surface area contributed by atoms with E-state index in [1.165, 1.54) is 16.8 Å². The molecule has 1 amide bonds. The van der Waals surface area contributed by atoms with Crippen molar-refractivity contribution in [1.29, 1.82) is 0 Å². The fourth-order valence-corrected chi connectivity index (χ4v) is 4.46. The van der Waals surface area contributed by atoms with Gasteiger partial charge in [-0.1, -0.05) is 38.2 Å². The summed E-state index contributed by atoms with van der Waals surface area (Å²) in [6.45, 7) is -0.383. The first-order valence-electron chi connectivity index (χ1n) is 12.2. The smallest absolute Gasteiger partial charge is 0.271 e. The van der Waals surface area contributed by atoms with Gasteiger partial charge in [-0.25, -0.2) is 13.5 Å². The molecule has 3 aromatic rings. The lowest BCUT2D eigenvalue weighted by Gasteiger charge is -2.26. The molecule has 2 aromatic heterocycles. The Morgan fingerprint density at radius 3 is 2.59 bits per heavy atom. The lowest BCUT2D eigenvalue weighted by molar-refractivity contribution is -0.120. The van der Waals surface area contributed by atoms with Crippen molar-refractivity contribution in [2.75, 3.05) is 11.9 Å². The number of nitrogens with one attached hydrogen (secondary N) is 1. The highest BCUT2D eigenvalue weighted by Crippen LogP contribution is 2.31. The maximum atomic E-state index is 14.0. The van der Waals surface area contributed by atoms with E-state index in [-0.39, 0.29) is 24.0 Å². The van der Waals surface area contributed by atoms with Gasteiger partial charge in [0.05, 0.1) is 25.5 Å². The van der Waals surface area contributed by atoms with Crippen LogP contribution in [0.4, 0.5) is 14.6 Å². The molecule has 1 aliphatic carbocycles. The number of anilines is 1. The molecule has 0 saturated heterocycles. The molecule has 4 rings (SSSR count). The average Bonchev–Trinajstić information content (AvgIpc) is 3.32. The van der Waals surface area contributed by atoms with Crippen LogP contribution in [0.2, 0.25) is 0 Å². The zero-order valence-electron chi connectivity index (χ0n) is 20.1. The first-order valence-corrected chi connectivity index (χ1v) is 12.2. The molecular formula is C25H29F2N5O5. The third-order valence-corrected chi connectivity index (χ3v) is 6.32. The number of aromatic nitrogens is 4. The SMILES string of the molecule is O=C(Nc1ccn(C[C@@H](O)CO)n1)[C@H](CC1CCCCC1)n1ncc(Oc2c(F)cccc2F)cc1=O. The number of aliphatic hydroxyl groups is 2. The first-order chi connectivity index (χ1) is 17.8. The molecule has 10 nitrogen and oxygen atoms in total. The number of rotatable bonds is 10. The number of carbonyl (C=O) groups is 1. The molecular weight excluding hydrogens is 488 g/mol. The van der Waals surface area contributed by atoms with Crippen molar-refractivity contribution in [3.8, 4) is 11.5 Å². The van der Waals surface area contributed by atoms with Gasteiger partial charge in [-0.05, 0) is 24.5 Å². The van der Waals surface area contributed by atoms with Crippen molar-refractivity contribution in [3.63, 3.8) is 0 Å². The summed E-state index contributed by atoms with van der Waals surface area (Å²) in [7, 11) is 0. The van der Waals surface area contributed by atoms with Crippen molar-refractivity contribution in [2.24, 2.45) is 5.92 Å². The topological polar surface area (TPSA) is 132 Å². The molecule has 0 spiro atoms. The van der Waals surface area contributed by atoms with Crippen LogP contribution in [0, 0.1) is 17.6 Å². The van der Waals surface area contributed by atoms with Gasteiger partial charge in [0.25, 0.3) is 11.5 Å². The van der Waals surface area contributed by atoms with Gasteiger partial charge in [0.1, 0.15) is 6.04 Å². The number of halogens is 2. The molecule has 0 aliphatic heterocycles. The largest absolute Gasteiger partial charge is 0.449 e. The number of amides is 1. The van der Waals surface area contributed by atoms with Crippen molar-refractivity contribution < 1.29 is 28.5 Å². The summed E-state index contributed by atoms with van der Waals surface area (Å²) in [6, 6.07) is 4.87. The van der Waals surface area contributed by atoms with Crippen LogP contribution in [0.25, 0.3) is 0 Å². The summed E-state index contributed by atoms with van der Waals surface area (Å²) >= 11 is 0. The molecule has 0 bridgehead atoms. The first kappa shape index (κ1) is 26.4. The van der Waals surface area contributed by atoms with Crippen LogP contribution in [-0.2, 0) is 11.3 Å². The Bertz CT molecular complexity index is 1250. The van der Waals surface area contributed by atoms with Crippen molar-refractivity contribution in [3.05, 3.63) is 64.7 Å². The highest BCUT2D eigenvalue weighted by Gasteiger charge is 2.28. The Balaban J connectivity index is 1.56. The normalized spacial score (nSPS) is 15.8. The average molecular weight is 518 g/mol. The Morgan fingerprint density at radius 2 is 1.92 bits per heavy atom. The van der Waals surface area contributed by atoms with Crippen molar-refractivity contribution >= 4 is 11.7 Å². The van der Waals surface area contributed by atoms with Gasteiger partial charge in [0, 0.05) is 18.3 Å². The molecule has 2 atom stereocenters. The van der Waals surface area contributed by atoms with Crippen LogP contribution in [-0.4, -0.2) is 48.4 Å². The van der Waals surface area contributed by atoms with E-state index >= 15 is 0 Å². The van der Waals surface area contributed by atoms with E-state index in [2.05, 4.69) is 15.5 Å². The fraction of sp³-hybridized carbons (Fsp3) is 0.440. The second kappa shape index (κ2) is 12.1. The van der Waals surface area contributed by atoms with E-state index in [1.54, 1.807) is 6.20 Å². The third-order valence-electron chi connectivity index (χ3n) is 6.32. The maximum Gasteiger partial charge on any atom is 0.271 e. The standard InChI is InChI=1S/C25H29F2N5O5/c26-19-7-4-8-20(27)24(19)37-18-12-23(35)32(28-13-18)21(11-16-5-2-1-3-6-16)25(36)29-22-9-10-31(30-22)14-17(34)15-33/h4,7-10,12-13,16-17,21,33-34H,1-3,5-6,11,14-15H2,(H,29,30,36)/t17-,21+/m1/s1. The number of nitrogens with zero attached hydrogens (tertiary/aromatic N) is 4. The number of carbonyl (C=O) groups excluding carboxylic acids is 1. The number of hydrogen-bond donors (Lipinski definition) is 3. The van der Waals surface area contributed by atoms with Crippen LogP contribution in [0.5, 0.6) is 11.5 Å². The predicted octanol–water partition coefficient (Wildman–Crippen LogP) is 3.01. The summed E-state index contributed by atoms with van der Waals surface area (Å²) in [4.78, 5) is 26.3.